The second kappa shape index (κ2) is 10.1. The van der Waals surface area contributed by atoms with Gasteiger partial charge in [-0.25, -0.2) is 4.98 Å². The van der Waals surface area contributed by atoms with Gasteiger partial charge in [0.05, 0.1) is 28.1 Å². The molecule has 218 valence electrons. The zero-order chi connectivity index (χ0) is 30.9. The second-order valence-electron chi connectivity index (χ2n) is 12.3. The second-order valence-corrected chi connectivity index (χ2v) is 12.3. The van der Waals surface area contributed by atoms with E-state index in [0.717, 1.165) is 39.3 Å². The lowest BCUT2D eigenvalue weighted by Gasteiger charge is -2.21. The Balaban J connectivity index is 1.39. The molecule has 1 aliphatic carbocycles. The predicted octanol–water partition coefficient (Wildman–Crippen LogP) is 12.0. The first-order valence-corrected chi connectivity index (χ1v) is 16.2. The maximum absolute atomic E-state index is 5.75. The fourth-order valence-corrected chi connectivity index (χ4v) is 7.81. The molecule has 0 unspecified atom stereocenters. The quantitative estimate of drug-likeness (QED) is 0.198. The van der Waals surface area contributed by atoms with Gasteiger partial charge in [-0.3, -0.25) is 0 Å². The van der Waals surface area contributed by atoms with Crippen molar-refractivity contribution in [2.24, 2.45) is 0 Å². The van der Waals surface area contributed by atoms with E-state index in [9.17, 15) is 0 Å². The first-order chi connectivity index (χ1) is 23.4. The Hall–Kier alpha value is -6.25. The van der Waals surface area contributed by atoms with Crippen molar-refractivity contribution in [2.45, 2.75) is 0 Å². The molecule has 10 rings (SSSR count). The molecule has 0 saturated heterocycles. The van der Waals surface area contributed by atoms with Crippen molar-refractivity contribution in [3.63, 3.8) is 0 Å². The van der Waals surface area contributed by atoms with Crippen LogP contribution in [-0.2, 0) is 0 Å². The van der Waals surface area contributed by atoms with Crippen LogP contribution in [0.25, 0.3) is 94.2 Å². The molecule has 0 aliphatic heterocycles. The molecule has 0 saturated carbocycles. The van der Waals surface area contributed by atoms with Gasteiger partial charge in [0.1, 0.15) is 0 Å². The minimum atomic E-state index is 0.982. The van der Waals surface area contributed by atoms with E-state index in [1.54, 1.807) is 0 Å². The maximum atomic E-state index is 5.75. The normalized spacial score (nSPS) is 11.8. The number of para-hydroxylation sites is 3. The van der Waals surface area contributed by atoms with Crippen LogP contribution in [0.4, 0.5) is 0 Å². The zero-order valence-corrected chi connectivity index (χ0v) is 25.6. The van der Waals surface area contributed by atoms with Gasteiger partial charge in [0.25, 0.3) is 0 Å². The Kier molecular flexibility index (Phi) is 5.61. The van der Waals surface area contributed by atoms with Crippen molar-refractivity contribution in [2.75, 3.05) is 0 Å². The summed E-state index contributed by atoms with van der Waals surface area (Å²) < 4.78 is 2.42. The number of aromatic nitrogens is 2. The van der Waals surface area contributed by atoms with Crippen LogP contribution in [0.15, 0.2) is 170 Å². The summed E-state index contributed by atoms with van der Waals surface area (Å²) >= 11 is 0. The lowest BCUT2D eigenvalue weighted by molar-refractivity contribution is 1.17. The Bertz CT molecular complexity index is 2610. The first-order valence-electron chi connectivity index (χ1n) is 16.2. The van der Waals surface area contributed by atoms with Crippen LogP contribution >= 0.6 is 0 Å². The number of rotatable bonds is 4. The summed E-state index contributed by atoms with van der Waals surface area (Å²) in [5.41, 5.74) is 15.0. The van der Waals surface area contributed by atoms with E-state index in [-0.39, 0.29) is 0 Å². The minimum Gasteiger partial charge on any atom is -0.309 e. The van der Waals surface area contributed by atoms with Crippen molar-refractivity contribution in [3.05, 3.63) is 170 Å². The third-order valence-electron chi connectivity index (χ3n) is 9.73. The largest absolute Gasteiger partial charge is 0.309 e. The lowest BCUT2D eigenvalue weighted by Crippen LogP contribution is -2.02. The summed E-state index contributed by atoms with van der Waals surface area (Å²) in [5, 5.41) is 5.04. The maximum Gasteiger partial charge on any atom is 0.0815 e. The molecule has 2 aromatic heterocycles. The van der Waals surface area contributed by atoms with Crippen molar-refractivity contribution in [1.82, 2.24) is 9.55 Å². The number of fused-ring (bicyclic) bond motifs is 6. The molecule has 0 amide bonds. The smallest absolute Gasteiger partial charge is 0.0815 e. The molecule has 1 aliphatic rings. The molecule has 0 spiro atoms. The topological polar surface area (TPSA) is 17.8 Å². The molecular formula is C45H28N2. The molecular weight excluding hydrogens is 569 g/mol. The molecule has 0 N–H and O–H groups in total. The molecule has 47 heavy (non-hydrogen) atoms. The van der Waals surface area contributed by atoms with Crippen molar-refractivity contribution < 1.29 is 0 Å². The molecule has 7 aromatic carbocycles. The Morgan fingerprint density at radius 3 is 1.57 bits per heavy atom. The highest BCUT2D eigenvalue weighted by Crippen LogP contribution is 2.56. The molecule has 2 heteroatoms. The molecule has 9 aromatic rings. The number of pyridine rings is 1. The molecule has 0 bridgehead atoms. The van der Waals surface area contributed by atoms with Crippen molar-refractivity contribution >= 4 is 32.6 Å². The number of benzene rings is 7. The van der Waals surface area contributed by atoms with Crippen LogP contribution in [0.1, 0.15) is 0 Å². The SMILES string of the molecule is c1ccc(-c2nc(-c3ccccc3-n3c4ccccc4c4ccccc43)c(-c3ccccc3)c3c2-c2cccc4cccc-3c24)cc1. The summed E-state index contributed by atoms with van der Waals surface area (Å²) in [7, 11) is 0. The van der Waals surface area contributed by atoms with Gasteiger partial charge in [0.15, 0.2) is 0 Å². The van der Waals surface area contributed by atoms with Gasteiger partial charge in [0, 0.05) is 38.6 Å². The lowest BCUT2D eigenvalue weighted by atomic mass is 9.87. The van der Waals surface area contributed by atoms with Crippen LogP contribution in [0.2, 0.25) is 0 Å². The summed E-state index contributed by atoms with van der Waals surface area (Å²) in [6.07, 6.45) is 0. The van der Waals surface area contributed by atoms with E-state index >= 15 is 0 Å². The van der Waals surface area contributed by atoms with Crippen LogP contribution in [-0.4, -0.2) is 9.55 Å². The highest BCUT2D eigenvalue weighted by molar-refractivity contribution is 6.22. The average Bonchev–Trinajstić information content (AvgIpc) is 3.66. The van der Waals surface area contributed by atoms with Gasteiger partial charge in [-0.05, 0) is 45.7 Å². The van der Waals surface area contributed by atoms with E-state index < -0.39 is 0 Å². The van der Waals surface area contributed by atoms with Crippen molar-refractivity contribution in [1.29, 1.82) is 0 Å². The highest BCUT2D eigenvalue weighted by Gasteiger charge is 2.32. The zero-order valence-electron chi connectivity index (χ0n) is 25.6. The fraction of sp³-hybridized carbons (Fsp3) is 0. The van der Waals surface area contributed by atoms with Crippen molar-refractivity contribution in [3.8, 4) is 61.6 Å². The average molecular weight is 597 g/mol. The van der Waals surface area contributed by atoms with Crippen LogP contribution in [0, 0.1) is 0 Å². The number of nitrogens with zero attached hydrogens (tertiary/aromatic N) is 2. The molecule has 2 heterocycles. The summed E-state index contributed by atoms with van der Waals surface area (Å²) in [5.74, 6) is 0. The minimum absolute atomic E-state index is 0.982. The Morgan fingerprint density at radius 1 is 0.362 bits per heavy atom. The monoisotopic (exact) mass is 596 g/mol. The van der Waals surface area contributed by atoms with Gasteiger partial charge in [-0.1, -0.05) is 152 Å². The summed E-state index contributed by atoms with van der Waals surface area (Å²) in [4.78, 5) is 5.75. The van der Waals surface area contributed by atoms with E-state index in [1.807, 2.05) is 0 Å². The van der Waals surface area contributed by atoms with Gasteiger partial charge in [0.2, 0.25) is 0 Å². The van der Waals surface area contributed by atoms with E-state index in [1.165, 1.54) is 54.8 Å². The molecule has 0 fully saturated rings. The third kappa shape index (κ3) is 3.76. The van der Waals surface area contributed by atoms with Crippen LogP contribution < -0.4 is 0 Å². The van der Waals surface area contributed by atoms with Crippen LogP contribution in [0.3, 0.4) is 0 Å². The number of hydrogen-bond donors (Lipinski definition) is 0. The Labute approximate surface area is 272 Å². The van der Waals surface area contributed by atoms with Gasteiger partial charge in [-0.15, -0.1) is 0 Å². The highest BCUT2D eigenvalue weighted by atomic mass is 15.0. The number of hydrogen-bond acceptors (Lipinski definition) is 1. The standard InChI is InChI=1S/C45H28N2/c1-3-15-30(16-4-1)41-42-35-24-13-19-29-20-14-25-36(40(29)35)43(42)44(31-17-5-2-6-18-31)46-45(41)34-23-9-12-28-39(34)47-37-26-10-7-21-32(37)33-22-8-11-27-38(33)47/h1-28H. The summed E-state index contributed by atoms with van der Waals surface area (Å²) in [6, 6.07) is 61.1. The molecule has 0 atom stereocenters. The fourth-order valence-electron chi connectivity index (χ4n) is 7.81. The summed E-state index contributed by atoms with van der Waals surface area (Å²) in [6.45, 7) is 0. The third-order valence-corrected chi connectivity index (χ3v) is 9.73. The molecule has 2 nitrogen and oxygen atoms in total. The Morgan fingerprint density at radius 2 is 0.894 bits per heavy atom. The molecule has 0 radical (unpaired) electrons. The predicted molar refractivity (Wildman–Crippen MR) is 197 cm³/mol. The van der Waals surface area contributed by atoms with E-state index in [0.29, 0.717) is 0 Å². The first kappa shape index (κ1) is 26.0. The van der Waals surface area contributed by atoms with Gasteiger partial charge < -0.3 is 4.57 Å². The van der Waals surface area contributed by atoms with Crippen LogP contribution in [0.5, 0.6) is 0 Å². The van der Waals surface area contributed by atoms with Gasteiger partial charge in [-0.2, -0.15) is 0 Å². The van der Waals surface area contributed by atoms with E-state index in [4.69, 9.17) is 4.98 Å². The van der Waals surface area contributed by atoms with Gasteiger partial charge >= 0.3 is 0 Å². The van der Waals surface area contributed by atoms with E-state index in [2.05, 4.69) is 174 Å².